The van der Waals surface area contributed by atoms with E-state index in [1.165, 1.54) is 6.92 Å². The highest BCUT2D eigenvalue weighted by Crippen LogP contribution is 2.20. The first-order valence-electron chi connectivity index (χ1n) is 5.52. The minimum Gasteiger partial charge on any atom is -0.382 e. The Hall–Kier alpha value is -1.39. The average Bonchev–Trinajstić information content (AvgIpc) is 2.31. The zero-order chi connectivity index (χ0) is 12.7. The van der Waals surface area contributed by atoms with Gasteiger partial charge in [-0.15, -0.1) is 0 Å². The quantitative estimate of drug-likeness (QED) is 0.816. The summed E-state index contributed by atoms with van der Waals surface area (Å²) in [5.41, 5.74) is 1.02. The molecule has 0 fully saturated rings. The Kier molecular flexibility index (Phi) is 5.66. The van der Waals surface area contributed by atoms with Gasteiger partial charge in [-0.2, -0.15) is 0 Å². The number of ether oxygens (including phenoxy) is 2. The molecule has 17 heavy (non-hydrogen) atoms. The molecule has 0 heterocycles. The van der Waals surface area contributed by atoms with Gasteiger partial charge in [0.1, 0.15) is 6.10 Å². The van der Waals surface area contributed by atoms with Crippen LogP contribution in [0.5, 0.6) is 0 Å². The van der Waals surface area contributed by atoms with Crippen molar-refractivity contribution in [2.24, 2.45) is 0 Å². The molecule has 0 saturated heterocycles. The van der Waals surface area contributed by atoms with E-state index in [2.05, 4.69) is 5.32 Å². The molecule has 0 spiro atoms. The molecule has 4 nitrogen and oxygen atoms in total. The van der Waals surface area contributed by atoms with E-state index in [9.17, 15) is 4.79 Å². The molecule has 0 saturated carbocycles. The van der Waals surface area contributed by atoms with Gasteiger partial charge >= 0.3 is 0 Å². The number of carbonyl (C=O) groups excluding carboxylic acids is 1. The molecule has 1 aromatic carbocycles. The van der Waals surface area contributed by atoms with Crippen LogP contribution in [0.4, 0.5) is 0 Å². The summed E-state index contributed by atoms with van der Waals surface area (Å²) in [6.07, 6.45) is -0.208. The number of rotatable bonds is 6. The van der Waals surface area contributed by atoms with Crippen molar-refractivity contribution in [2.75, 3.05) is 20.8 Å². The van der Waals surface area contributed by atoms with Crippen molar-refractivity contribution in [3.63, 3.8) is 0 Å². The lowest BCUT2D eigenvalue weighted by molar-refractivity contribution is -0.121. The second-order valence-electron chi connectivity index (χ2n) is 3.83. The Morgan fingerprint density at radius 2 is 1.94 bits per heavy atom. The summed E-state index contributed by atoms with van der Waals surface area (Å²) in [5, 5.41) is 2.84. The van der Waals surface area contributed by atoms with Crippen molar-refractivity contribution in [1.82, 2.24) is 5.32 Å². The molecular formula is C13H19NO3. The van der Waals surface area contributed by atoms with Crippen LogP contribution in [-0.4, -0.2) is 32.8 Å². The molecule has 2 atom stereocenters. The van der Waals surface area contributed by atoms with E-state index in [0.29, 0.717) is 6.61 Å². The molecule has 0 aliphatic heterocycles. The Labute approximate surface area is 102 Å². The lowest BCUT2D eigenvalue weighted by atomic mass is 10.0. The maximum atomic E-state index is 11.2. The van der Waals surface area contributed by atoms with Gasteiger partial charge in [-0.25, -0.2) is 0 Å². The third kappa shape index (κ3) is 4.17. The monoisotopic (exact) mass is 237 g/mol. The normalized spacial score (nSPS) is 14.1. The smallest absolute Gasteiger partial charge is 0.217 e. The Bertz CT molecular complexity index is 340. The first-order valence-corrected chi connectivity index (χ1v) is 5.52. The summed E-state index contributed by atoms with van der Waals surface area (Å²) in [5.74, 6) is -0.0926. The van der Waals surface area contributed by atoms with Crippen LogP contribution in [0, 0.1) is 0 Å². The summed E-state index contributed by atoms with van der Waals surface area (Å²) in [6, 6.07) is 9.58. The van der Waals surface area contributed by atoms with Crippen LogP contribution in [0.1, 0.15) is 18.6 Å². The highest BCUT2D eigenvalue weighted by Gasteiger charge is 2.23. The molecule has 1 aromatic rings. The van der Waals surface area contributed by atoms with Gasteiger partial charge in [0.25, 0.3) is 0 Å². The molecule has 0 bridgehead atoms. The molecule has 94 valence electrons. The zero-order valence-electron chi connectivity index (χ0n) is 10.5. The van der Waals surface area contributed by atoms with Gasteiger partial charge in [0.2, 0.25) is 5.91 Å². The van der Waals surface area contributed by atoms with E-state index in [1.807, 2.05) is 30.3 Å². The molecule has 0 aliphatic rings. The first kappa shape index (κ1) is 13.7. The van der Waals surface area contributed by atoms with Gasteiger partial charge in [0.15, 0.2) is 0 Å². The standard InChI is InChI=1S/C13H19NO3/c1-10(15)14-12(9-16-2)13(17-3)11-7-5-4-6-8-11/h4-8,12-13H,9H2,1-3H3,(H,14,15). The third-order valence-electron chi connectivity index (χ3n) is 2.48. The molecular weight excluding hydrogens is 218 g/mol. The number of hydrogen-bond donors (Lipinski definition) is 1. The second kappa shape index (κ2) is 7.04. The van der Waals surface area contributed by atoms with Crippen LogP contribution in [-0.2, 0) is 14.3 Å². The summed E-state index contributed by atoms with van der Waals surface area (Å²) in [7, 11) is 3.23. The molecule has 0 radical (unpaired) electrons. The number of methoxy groups -OCH3 is 2. The fraction of sp³-hybridized carbons (Fsp3) is 0.462. The number of amides is 1. The Morgan fingerprint density at radius 1 is 1.29 bits per heavy atom. The maximum absolute atomic E-state index is 11.2. The topological polar surface area (TPSA) is 47.6 Å². The number of benzene rings is 1. The predicted octanol–water partition coefficient (Wildman–Crippen LogP) is 1.53. The maximum Gasteiger partial charge on any atom is 0.217 e. The predicted molar refractivity (Wildman–Crippen MR) is 65.7 cm³/mol. The number of hydrogen-bond acceptors (Lipinski definition) is 3. The number of carbonyl (C=O) groups is 1. The zero-order valence-corrected chi connectivity index (χ0v) is 10.5. The van der Waals surface area contributed by atoms with Crippen LogP contribution >= 0.6 is 0 Å². The largest absolute Gasteiger partial charge is 0.382 e. The molecule has 1 amide bonds. The van der Waals surface area contributed by atoms with Crippen molar-refractivity contribution in [3.8, 4) is 0 Å². The van der Waals surface area contributed by atoms with Crippen molar-refractivity contribution < 1.29 is 14.3 Å². The summed E-state index contributed by atoms with van der Waals surface area (Å²) in [4.78, 5) is 11.2. The molecule has 1 rings (SSSR count). The van der Waals surface area contributed by atoms with E-state index >= 15 is 0 Å². The summed E-state index contributed by atoms with van der Waals surface area (Å²) >= 11 is 0. The van der Waals surface area contributed by atoms with Gasteiger partial charge in [-0.3, -0.25) is 4.79 Å². The van der Waals surface area contributed by atoms with E-state index in [1.54, 1.807) is 14.2 Å². The van der Waals surface area contributed by atoms with E-state index in [-0.39, 0.29) is 18.1 Å². The molecule has 0 aromatic heterocycles. The lowest BCUT2D eigenvalue weighted by Crippen LogP contribution is -2.42. The van der Waals surface area contributed by atoms with Crippen LogP contribution in [0.25, 0.3) is 0 Å². The van der Waals surface area contributed by atoms with Crippen LogP contribution in [0.15, 0.2) is 30.3 Å². The minimum atomic E-state index is -0.208. The second-order valence-corrected chi connectivity index (χ2v) is 3.83. The highest BCUT2D eigenvalue weighted by molar-refractivity contribution is 5.73. The average molecular weight is 237 g/mol. The van der Waals surface area contributed by atoms with Crippen LogP contribution < -0.4 is 5.32 Å². The Balaban J connectivity index is 2.84. The molecule has 4 heteroatoms. The van der Waals surface area contributed by atoms with Crippen molar-refractivity contribution in [2.45, 2.75) is 19.1 Å². The molecule has 0 aliphatic carbocycles. The van der Waals surface area contributed by atoms with Gasteiger partial charge in [-0.1, -0.05) is 30.3 Å². The Morgan fingerprint density at radius 3 is 2.41 bits per heavy atom. The minimum absolute atomic E-state index is 0.0926. The lowest BCUT2D eigenvalue weighted by Gasteiger charge is -2.26. The van der Waals surface area contributed by atoms with Crippen molar-refractivity contribution in [1.29, 1.82) is 0 Å². The van der Waals surface area contributed by atoms with Crippen LogP contribution in [0.2, 0.25) is 0 Å². The summed E-state index contributed by atoms with van der Waals surface area (Å²) in [6.45, 7) is 1.90. The van der Waals surface area contributed by atoms with E-state index in [4.69, 9.17) is 9.47 Å². The van der Waals surface area contributed by atoms with E-state index in [0.717, 1.165) is 5.56 Å². The number of nitrogens with one attached hydrogen (secondary N) is 1. The van der Waals surface area contributed by atoms with Gasteiger partial charge < -0.3 is 14.8 Å². The van der Waals surface area contributed by atoms with Crippen molar-refractivity contribution in [3.05, 3.63) is 35.9 Å². The van der Waals surface area contributed by atoms with E-state index < -0.39 is 0 Å². The van der Waals surface area contributed by atoms with Gasteiger partial charge in [0.05, 0.1) is 12.6 Å². The fourth-order valence-electron chi connectivity index (χ4n) is 1.82. The van der Waals surface area contributed by atoms with Crippen molar-refractivity contribution >= 4 is 5.91 Å². The third-order valence-corrected chi connectivity index (χ3v) is 2.48. The van der Waals surface area contributed by atoms with Gasteiger partial charge in [-0.05, 0) is 5.56 Å². The molecule has 2 unspecified atom stereocenters. The van der Waals surface area contributed by atoms with Gasteiger partial charge in [0, 0.05) is 21.1 Å². The van der Waals surface area contributed by atoms with Crippen LogP contribution in [0.3, 0.4) is 0 Å². The molecule has 1 N–H and O–H groups in total. The SMILES string of the molecule is COCC(NC(C)=O)C(OC)c1ccccc1. The fourth-order valence-corrected chi connectivity index (χ4v) is 1.82. The summed E-state index contributed by atoms with van der Waals surface area (Å²) < 4.78 is 10.6. The highest BCUT2D eigenvalue weighted by atomic mass is 16.5. The first-order chi connectivity index (χ1) is 8.19.